The standard InChI is InChI=1S/C13H19Br/c1-4-5-11(3)13(14)12-8-6-10(2)7-9-12/h6-9,11,13H,4-5H2,1-3H3. The largest absolute Gasteiger partial charge is 0.0836 e. The summed E-state index contributed by atoms with van der Waals surface area (Å²) in [6, 6.07) is 8.81. The molecule has 0 heterocycles. The average Bonchev–Trinajstić information content (AvgIpc) is 2.18. The number of aryl methyl sites for hydroxylation is 1. The molecule has 0 saturated heterocycles. The Morgan fingerprint density at radius 2 is 1.79 bits per heavy atom. The zero-order valence-electron chi connectivity index (χ0n) is 9.26. The van der Waals surface area contributed by atoms with Gasteiger partial charge in [0.25, 0.3) is 0 Å². The van der Waals surface area contributed by atoms with Crippen LogP contribution in [0.3, 0.4) is 0 Å². The minimum absolute atomic E-state index is 0.503. The smallest absolute Gasteiger partial charge is 0.0420 e. The van der Waals surface area contributed by atoms with Gasteiger partial charge in [-0.25, -0.2) is 0 Å². The van der Waals surface area contributed by atoms with E-state index in [4.69, 9.17) is 0 Å². The third-order valence-corrected chi connectivity index (χ3v) is 4.07. The molecule has 0 aromatic heterocycles. The molecule has 0 bridgehead atoms. The van der Waals surface area contributed by atoms with Gasteiger partial charge in [-0.2, -0.15) is 0 Å². The Labute approximate surface area is 95.9 Å². The minimum Gasteiger partial charge on any atom is -0.0836 e. The van der Waals surface area contributed by atoms with Gasteiger partial charge in [0, 0.05) is 4.83 Å². The van der Waals surface area contributed by atoms with Crippen LogP contribution in [-0.2, 0) is 0 Å². The molecule has 0 spiro atoms. The predicted molar refractivity (Wildman–Crippen MR) is 66.9 cm³/mol. The van der Waals surface area contributed by atoms with Crippen molar-refractivity contribution in [1.29, 1.82) is 0 Å². The van der Waals surface area contributed by atoms with Gasteiger partial charge in [0.05, 0.1) is 0 Å². The third-order valence-electron chi connectivity index (χ3n) is 2.64. The summed E-state index contributed by atoms with van der Waals surface area (Å²) < 4.78 is 0. The highest BCUT2D eigenvalue weighted by molar-refractivity contribution is 9.09. The molecule has 1 rings (SSSR count). The second-order valence-corrected chi connectivity index (χ2v) is 5.06. The summed E-state index contributed by atoms with van der Waals surface area (Å²) >= 11 is 3.78. The van der Waals surface area contributed by atoms with Crippen LogP contribution < -0.4 is 0 Å². The number of hydrogen-bond donors (Lipinski definition) is 0. The molecule has 1 heteroatoms. The number of alkyl halides is 1. The fraction of sp³-hybridized carbons (Fsp3) is 0.538. The lowest BCUT2D eigenvalue weighted by molar-refractivity contribution is 0.518. The molecule has 2 atom stereocenters. The molecule has 0 nitrogen and oxygen atoms in total. The second-order valence-electron chi connectivity index (χ2n) is 4.08. The van der Waals surface area contributed by atoms with Crippen LogP contribution in [0.5, 0.6) is 0 Å². The highest BCUT2D eigenvalue weighted by atomic mass is 79.9. The van der Waals surface area contributed by atoms with E-state index in [9.17, 15) is 0 Å². The SMILES string of the molecule is CCCC(C)C(Br)c1ccc(C)cc1. The van der Waals surface area contributed by atoms with Crippen LogP contribution in [-0.4, -0.2) is 0 Å². The van der Waals surface area contributed by atoms with Gasteiger partial charge in [0.15, 0.2) is 0 Å². The molecule has 0 saturated carbocycles. The van der Waals surface area contributed by atoms with E-state index in [0.29, 0.717) is 10.7 Å². The third kappa shape index (κ3) is 3.13. The predicted octanol–water partition coefficient (Wildman–Crippen LogP) is 4.87. The van der Waals surface area contributed by atoms with Crippen LogP contribution in [0.1, 0.15) is 42.6 Å². The van der Waals surface area contributed by atoms with Crippen molar-refractivity contribution >= 4 is 15.9 Å². The zero-order chi connectivity index (χ0) is 10.6. The molecule has 0 aliphatic rings. The lowest BCUT2D eigenvalue weighted by Gasteiger charge is -2.18. The van der Waals surface area contributed by atoms with Crippen LogP contribution in [0.15, 0.2) is 24.3 Å². The van der Waals surface area contributed by atoms with Crippen LogP contribution in [0.4, 0.5) is 0 Å². The summed E-state index contributed by atoms with van der Waals surface area (Å²) in [7, 11) is 0. The molecule has 0 N–H and O–H groups in total. The number of hydrogen-bond acceptors (Lipinski definition) is 0. The van der Waals surface area contributed by atoms with E-state index in [1.807, 2.05) is 0 Å². The van der Waals surface area contributed by atoms with Gasteiger partial charge in [-0.05, 0) is 24.8 Å². The fourth-order valence-electron chi connectivity index (χ4n) is 1.68. The van der Waals surface area contributed by atoms with Gasteiger partial charge in [0.2, 0.25) is 0 Å². The molecule has 0 fully saturated rings. The van der Waals surface area contributed by atoms with E-state index in [0.717, 1.165) is 0 Å². The molecule has 2 unspecified atom stereocenters. The normalized spacial score (nSPS) is 15.1. The lowest BCUT2D eigenvalue weighted by atomic mass is 9.96. The average molecular weight is 255 g/mol. The van der Waals surface area contributed by atoms with E-state index in [1.165, 1.54) is 24.0 Å². The Balaban J connectivity index is 2.68. The summed E-state index contributed by atoms with van der Waals surface area (Å²) in [5.74, 6) is 0.711. The number of halogens is 1. The highest BCUT2D eigenvalue weighted by Gasteiger charge is 2.14. The second kappa shape index (κ2) is 5.55. The van der Waals surface area contributed by atoms with Gasteiger partial charge in [-0.1, -0.05) is 66.0 Å². The molecule has 1 aromatic carbocycles. The first-order valence-electron chi connectivity index (χ1n) is 5.35. The zero-order valence-corrected chi connectivity index (χ0v) is 10.8. The Hall–Kier alpha value is -0.300. The molecule has 14 heavy (non-hydrogen) atoms. The van der Waals surface area contributed by atoms with Crippen LogP contribution in [0.25, 0.3) is 0 Å². The van der Waals surface area contributed by atoms with Crippen LogP contribution >= 0.6 is 15.9 Å². The number of rotatable bonds is 4. The first kappa shape index (κ1) is 11.8. The van der Waals surface area contributed by atoms with Crippen molar-refractivity contribution in [3.8, 4) is 0 Å². The van der Waals surface area contributed by atoms with E-state index in [2.05, 4.69) is 61.0 Å². The van der Waals surface area contributed by atoms with Crippen molar-refractivity contribution in [2.75, 3.05) is 0 Å². The molecule has 0 amide bonds. The first-order valence-corrected chi connectivity index (χ1v) is 6.27. The summed E-state index contributed by atoms with van der Waals surface area (Å²) in [6.45, 7) is 6.68. The summed E-state index contributed by atoms with van der Waals surface area (Å²) in [6.07, 6.45) is 2.54. The lowest BCUT2D eigenvalue weighted by Crippen LogP contribution is -2.02. The molecule has 1 aromatic rings. The monoisotopic (exact) mass is 254 g/mol. The highest BCUT2D eigenvalue weighted by Crippen LogP contribution is 2.33. The minimum atomic E-state index is 0.503. The Morgan fingerprint density at radius 1 is 1.21 bits per heavy atom. The van der Waals surface area contributed by atoms with Crippen LogP contribution in [0, 0.1) is 12.8 Å². The van der Waals surface area contributed by atoms with Crippen LogP contribution in [0.2, 0.25) is 0 Å². The van der Waals surface area contributed by atoms with Crippen molar-refractivity contribution < 1.29 is 0 Å². The Bertz CT molecular complexity index is 263. The number of benzene rings is 1. The molecule has 0 aliphatic heterocycles. The van der Waals surface area contributed by atoms with E-state index in [1.54, 1.807) is 0 Å². The van der Waals surface area contributed by atoms with Gasteiger partial charge in [0.1, 0.15) is 0 Å². The van der Waals surface area contributed by atoms with E-state index < -0.39 is 0 Å². The maximum absolute atomic E-state index is 3.78. The van der Waals surface area contributed by atoms with Crippen molar-refractivity contribution in [3.63, 3.8) is 0 Å². The first-order chi connectivity index (χ1) is 6.65. The van der Waals surface area contributed by atoms with Crippen molar-refractivity contribution in [1.82, 2.24) is 0 Å². The fourth-order valence-corrected chi connectivity index (χ4v) is 2.25. The molecule has 0 radical (unpaired) electrons. The topological polar surface area (TPSA) is 0 Å². The van der Waals surface area contributed by atoms with Crippen molar-refractivity contribution in [3.05, 3.63) is 35.4 Å². The Morgan fingerprint density at radius 3 is 2.29 bits per heavy atom. The summed E-state index contributed by atoms with van der Waals surface area (Å²) in [4.78, 5) is 0.503. The molecule has 78 valence electrons. The summed E-state index contributed by atoms with van der Waals surface area (Å²) in [5, 5.41) is 0. The van der Waals surface area contributed by atoms with Gasteiger partial charge in [-0.15, -0.1) is 0 Å². The molecule has 0 aliphatic carbocycles. The van der Waals surface area contributed by atoms with E-state index >= 15 is 0 Å². The molecular weight excluding hydrogens is 236 g/mol. The van der Waals surface area contributed by atoms with Gasteiger partial charge < -0.3 is 0 Å². The van der Waals surface area contributed by atoms with Gasteiger partial charge >= 0.3 is 0 Å². The maximum atomic E-state index is 3.78. The Kier molecular flexibility index (Phi) is 4.67. The molecular formula is C13H19Br. The summed E-state index contributed by atoms with van der Waals surface area (Å²) in [5.41, 5.74) is 2.73. The van der Waals surface area contributed by atoms with Gasteiger partial charge in [-0.3, -0.25) is 0 Å². The quantitative estimate of drug-likeness (QED) is 0.673. The van der Waals surface area contributed by atoms with E-state index in [-0.39, 0.29) is 0 Å². The maximum Gasteiger partial charge on any atom is 0.0420 e. The van der Waals surface area contributed by atoms with Crippen molar-refractivity contribution in [2.45, 2.75) is 38.4 Å². The van der Waals surface area contributed by atoms with Crippen molar-refractivity contribution in [2.24, 2.45) is 5.92 Å².